The maximum atomic E-state index is 11.8. The average Bonchev–Trinajstić information content (AvgIpc) is 3.11. The Labute approximate surface area is 146 Å². The summed E-state index contributed by atoms with van der Waals surface area (Å²) >= 11 is 1.49. The van der Waals surface area contributed by atoms with Crippen LogP contribution in [0.5, 0.6) is 0 Å². The van der Waals surface area contributed by atoms with Gasteiger partial charge in [0.1, 0.15) is 0 Å². The minimum atomic E-state index is -0.0855. The number of thiophene rings is 1. The third kappa shape index (κ3) is 5.70. The third-order valence-electron chi connectivity index (χ3n) is 3.59. The summed E-state index contributed by atoms with van der Waals surface area (Å²) in [4.78, 5) is 25.6. The van der Waals surface area contributed by atoms with Gasteiger partial charge in [-0.3, -0.25) is 9.59 Å². The zero-order valence-electron chi connectivity index (χ0n) is 14.0. The van der Waals surface area contributed by atoms with Crippen LogP contribution in [0.3, 0.4) is 0 Å². The standard InChI is InChI=1S/C18H23N3O2S/c1-21(2)16-7-5-14(6-8-16)12-20-17(22)4-3-10-19-18(23)15-9-11-24-13-15/h5-9,11,13H,3-4,10,12H2,1-2H3,(H,19,23)(H,20,22). The molecule has 2 aromatic rings. The smallest absolute Gasteiger partial charge is 0.252 e. The second-order valence-electron chi connectivity index (χ2n) is 5.71. The molecule has 5 nitrogen and oxygen atoms in total. The summed E-state index contributed by atoms with van der Waals surface area (Å²) in [5, 5.41) is 9.39. The number of benzene rings is 1. The minimum absolute atomic E-state index is 0.00327. The van der Waals surface area contributed by atoms with Crippen LogP contribution in [0.25, 0.3) is 0 Å². The third-order valence-corrected chi connectivity index (χ3v) is 4.28. The van der Waals surface area contributed by atoms with Crippen LogP contribution >= 0.6 is 11.3 Å². The van der Waals surface area contributed by atoms with Crippen LogP contribution in [-0.2, 0) is 11.3 Å². The van der Waals surface area contributed by atoms with Crippen molar-refractivity contribution in [2.75, 3.05) is 25.5 Å². The fourth-order valence-electron chi connectivity index (χ4n) is 2.15. The quantitative estimate of drug-likeness (QED) is 0.723. The number of nitrogens with zero attached hydrogens (tertiary/aromatic N) is 1. The zero-order chi connectivity index (χ0) is 17.4. The van der Waals surface area contributed by atoms with Crippen molar-refractivity contribution in [1.29, 1.82) is 0 Å². The Balaban J connectivity index is 1.62. The van der Waals surface area contributed by atoms with Gasteiger partial charge in [-0.1, -0.05) is 12.1 Å². The molecule has 0 saturated heterocycles. The molecule has 1 heterocycles. The summed E-state index contributed by atoms with van der Waals surface area (Å²) in [5.41, 5.74) is 2.87. The first-order chi connectivity index (χ1) is 11.6. The highest BCUT2D eigenvalue weighted by Gasteiger charge is 2.06. The van der Waals surface area contributed by atoms with E-state index >= 15 is 0 Å². The second-order valence-corrected chi connectivity index (χ2v) is 6.49. The summed E-state index contributed by atoms with van der Waals surface area (Å²) in [6.07, 6.45) is 1.03. The van der Waals surface area contributed by atoms with Gasteiger partial charge in [0.2, 0.25) is 5.91 Å². The lowest BCUT2D eigenvalue weighted by Crippen LogP contribution is -2.27. The van der Waals surface area contributed by atoms with Crippen molar-refractivity contribution in [1.82, 2.24) is 10.6 Å². The molecule has 0 aliphatic carbocycles. The number of hydrogen-bond acceptors (Lipinski definition) is 4. The molecule has 6 heteroatoms. The highest BCUT2D eigenvalue weighted by Crippen LogP contribution is 2.12. The van der Waals surface area contributed by atoms with E-state index in [0.29, 0.717) is 31.5 Å². The largest absolute Gasteiger partial charge is 0.378 e. The van der Waals surface area contributed by atoms with Gasteiger partial charge in [-0.25, -0.2) is 0 Å². The number of carbonyl (C=O) groups excluding carboxylic acids is 2. The normalized spacial score (nSPS) is 10.2. The van der Waals surface area contributed by atoms with E-state index < -0.39 is 0 Å². The molecule has 0 saturated carbocycles. The first kappa shape index (κ1) is 18.0. The summed E-state index contributed by atoms with van der Waals surface area (Å²) < 4.78 is 0. The average molecular weight is 345 g/mol. The molecule has 0 spiro atoms. The van der Waals surface area contributed by atoms with Crippen LogP contribution in [0.1, 0.15) is 28.8 Å². The maximum Gasteiger partial charge on any atom is 0.252 e. The van der Waals surface area contributed by atoms with Crippen molar-refractivity contribution in [2.24, 2.45) is 0 Å². The van der Waals surface area contributed by atoms with Crippen molar-refractivity contribution in [2.45, 2.75) is 19.4 Å². The molecule has 0 unspecified atom stereocenters. The molecule has 2 N–H and O–H groups in total. The minimum Gasteiger partial charge on any atom is -0.378 e. The molecular formula is C18H23N3O2S. The predicted octanol–water partition coefficient (Wildman–Crippen LogP) is 2.64. The Kier molecular flexibility index (Phi) is 6.81. The first-order valence-electron chi connectivity index (χ1n) is 7.89. The van der Waals surface area contributed by atoms with Crippen LogP contribution in [-0.4, -0.2) is 32.5 Å². The van der Waals surface area contributed by atoms with Crippen molar-refractivity contribution in [3.8, 4) is 0 Å². The molecule has 0 bridgehead atoms. The molecule has 0 atom stereocenters. The molecule has 24 heavy (non-hydrogen) atoms. The van der Waals surface area contributed by atoms with Crippen molar-refractivity contribution in [3.63, 3.8) is 0 Å². The number of nitrogens with one attached hydrogen (secondary N) is 2. The molecular weight excluding hydrogens is 322 g/mol. The SMILES string of the molecule is CN(C)c1ccc(CNC(=O)CCCNC(=O)c2ccsc2)cc1. The Bertz CT molecular complexity index is 651. The topological polar surface area (TPSA) is 61.4 Å². The van der Waals surface area contributed by atoms with E-state index in [1.54, 1.807) is 6.07 Å². The van der Waals surface area contributed by atoms with Crippen molar-refractivity contribution in [3.05, 3.63) is 52.2 Å². The van der Waals surface area contributed by atoms with E-state index in [0.717, 1.165) is 11.3 Å². The molecule has 0 fully saturated rings. The lowest BCUT2D eigenvalue weighted by molar-refractivity contribution is -0.121. The van der Waals surface area contributed by atoms with Crippen LogP contribution in [0.15, 0.2) is 41.1 Å². The van der Waals surface area contributed by atoms with Gasteiger partial charge in [-0.05, 0) is 35.6 Å². The van der Waals surface area contributed by atoms with Gasteiger partial charge in [0.05, 0.1) is 0 Å². The van der Waals surface area contributed by atoms with Crippen LogP contribution in [0.2, 0.25) is 0 Å². The Morgan fingerprint density at radius 1 is 1.08 bits per heavy atom. The number of rotatable bonds is 8. The van der Waals surface area contributed by atoms with Gasteiger partial charge in [-0.2, -0.15) is 11.3 Å². The van der Waals surface area contributed by atoms with Gasteiger partial charge in [-0.15, -0.1) is 0 Å². The lowest BCUT2D eigenvalue weighted by atomic mass is 10.2. The van der Waals surface area contributed by atoms with E-state index in [-0.39, 0.29) is 11.8 Å². The van der Waals surface area contributed by atoms with Gasteiger partial charge < -0.3 is 15.5 Å². The van der Waals surface area contributed by atoms with Gasteiger partial charge in [0.25, 0.3) is 5.91 Å². The summed E-state index contributed by atoms with van der Waals surface area (Å²) in [5.74, 6) is -0.0888. The summed E-state index contributed by atoms with van der Waals surface area (Å²) in [6.45, 7) is 1.02. The van der Waals surface area contributed by atoms with E-state index in [9.17, 15) is 9.59 Å². The van der Waals surface area contributed by atoms with Crippen molar-refractivity contribution < 1.29 is 9.59 Å². The fraction of sp³-hybridized carbons (Fsp3) is 0.333. The Morgan fingerprint density at radius 3 is 2.46 bits per heavy atom. The van der Waals surface area contributed by atoms with E-state index in [1.807, 2.05) is 54.0 Å². The Hall–Kier alpha value is -2.34. The van der Waals surface area contributed by atoms with E-state index in [2.05, 4.69) is 10.6 Å². The molecule has 1 aromatic carbocycles. The second kappa shape index (κ2) is 9.08. The van der Waals surface area contributed by atoms with Gasteiger partial charge >= 0.3 is 0 Å². The van der Waals surface area contributed by atoms with Crippen molar-refractivity contribution >= 4 is 28.8 Å². The van der Waals surface area contributed by atoms with Gasteiger partial charge in [0, 0.05) is 50.2 Å². The van der Waals surface area contributed by atoms with Gasteiger partial charge in [0.15, 0.2) is 0 Å². The summed E-state index contributed by atoms with van der Waals surface area (Å²) in [6, 6.07) is 9.87. The first-order valence-corrected chi connectivity index (χ1v) is 8.84. The summed E-state index contributed by atoms with van der Waals surface area (Å²) in [7, 11) is 3.99. The molecule has 128 valence electrons. The molecule has 0 radical (unpaired) electrons. The lowest BCUT2D eigenvalue weighted by Gasteiger charge is -2.13. The highest BCUT2D eigenvalue weighted by atomic mass is 32.1. The number of anilines is 1. The maximum absolute atomic E-state index is 11.8. The van der Waals surface area contributed by atoms with Crippen LogP contribution in [0.4, 0.5) is 5.69 Å². The molecule has 0 aliphatic heterocycles. The number of carbonyl (C=O) groups is 2. The molecule has 0 aliphatic rings. The van der Waals surface area contributed by atoms with Crippen LogP contribution in [0, 0.1) is 0 Å². The number of hydrogen-bond donors (Lipinski definition) is 2. The van der Waals surface area contributed by atoms with E-state index in [1.165, 1.54) is 11.3 Å². The van der Waals surface area contributed by atoms with Crippen LogP contribution < -0.4 is 15.5 Å². The monoisotopic (exact) mass is 345 g/mol. The predicted molar refractivity (Wildman–Crippen MR) is 98.5 cm³/mol. The fourth-order valence-corrected chi connectivity index (χ4v) is 2.78. The molecule has 1 aromatic heterocycles. The zero-order valence-corrected chi connectivity index (χ0v) is 14.9. The molecule has 2 rings (SSSR count). The Morgan fingerprint density at radius 2 is 1.83 bits per heavy atom. The highest BCUT2D eigenvalue weighted by molar-refractivity contribution is 7.08. The number of amides is 2. The molecule has 2 amide bonds. The van der Waals surface area contributed by atoms with E-state index in [4.69, 9.17) is 0 Å².